The molecule has 9 nitrogen and oxygen atoms in total. The highest BCUT2D eigenvalue weighted by Crippen LogP contribution is 2.11. The van der Waals surface area contributed by atoms with Gasteiger partial charge >= 0.3 is 0 Å². The van der Waals surface area contributed by atoms with Crippen LogP contribution in [0, 0.1) is 15.3 Å². The predicted octanol–water partition coefficient (Wildman–Crippen LogP) is -1.35. The molecule has 108 valence electrons. The van der Waals surface area contributed by atoms with E-state index >= 15 is 0 Å². The van der Waals surface area contributed by atoms with E-state index in [1.165, 1.54) is 6.34 Å². The molecule has 2 heterocycles. The van der Waals surface area contributed by atoms with E-state index in [2.05, 4.69) is 20.0 Å². The van der Waals surface area contributed by atoms with Crippen LogP contribution in [0.15, 0.2) is 45.3 Å². The lowest BCUT2D eigenvalue weighted by Crippen LogP contribution is -2.94. The first kappa shape index (κ1) is 14.5. The molecule has 0 saturated carbocycles. The maximum Gasteiger partial charge on any atom is 0.295 e. The van der Waals surface area contributed by atoms with Crippen LogP contribution in [-0.4, -0.2) is 35.0 Å². The summed E-state index contributed by atoms with van der Waals surface area (Å²) in [6, 6.07) is 10.0. The van der Waals surface area contributed by atoms with Crippen LogP contribution >= 0.6 is 0 Å². The van der Waals surface area contributed by atoms with Crippen LogP contribution in [0.3, 0.4) is 0 Å². The number of aliphatic imine (C=N–C) groups is 3. The maximum atomic E-state index is 8.25. The molecular formula is C12H12N6O3. The minimum atomic E-state index is -1.75. The molecule has 21 heavy (non-hydrogen) atoms. The predicted molar refractivity (Wildman–Crippen MR) is 77.8 cm³/mol. The molecule has 3 rings (SSSR count). The summed E-state index contributed by atoms with van der Waals surface area (Å²) >= 11 is 0. The summed E-state index contributed by atoms with van der Waals surface area (Å²) in [4.78, 5) is 23.7. The molecule has 2 aliphatic rings. The van der Waals surface area contributed by atoms with Crippen molar-refractivity contribution in [2.75, 3.05) is 0 Å². The fourth-order valence-corrected chi connectivity index (χ4v) is 2.00. The van der Waals surface area contributed by atoms with Gasteiger partial charge in [-0.25, -0.2) is 4.99 Å². The SMILES string of the molecule is NC1(Cc2ccccc2)[NH+]=CN=C2N=CN=C21.O=[N+]([O-])[O-]. The summed E-state index contributed by atoms with van der Waals surface area (Å²) in [7, 11) is 0. The third kappa shape index (κ3) is 3.54. The topological polar surface area (TPSA) is 143 Å². The fourth-order valence-electron chi connectivity index (χ4n) is 2.00. The first-order valence-corrected chi connectivity index (χ1v) is 5.94. The molecule has 0 aliphatic carbocycles. The summed E-state index contributed by atoms with van der Waals surface area (Å²) in [6.07, 6.45) is 3.72. The van der Waals surface area contributed by atoms with Crippen LogP contribution in [0.25, 0.3) is 0 Å². The standard InChI is InChI=1S/C12H11N5.NO3/c13-12(6-9-4-2-1-3-5-9)10-11(15-7-14-10)16-8-17-12;2-1(3)4/h1-5,7-8H,6,13H2;/q;-1/p+1. The van der Waals surface area contributed by atoms with E-state index in [0.717, 1.165) is 5.56 Å². The Kier molecular flexibility index (Phi) is 4.14. The quantitative estimate of drug-likeness (QED) is 0.512. The van der Waals surface area contributed by atoms with Gasteiger partial charge in [0.15, 0.2) is 5.71 Å². The van der Waals surface area contributed by atoms with Gasteiger partial charge in [0.1, 0.15) is 6.34 Å². The number of amidine groups is 1. The van der Waals surface area contributed by atoms with Gasteiger partial charge in [0.2, 0.25) is 5.66 Å². The summed E-state index contributed by atoms with van der Waals surface area (Å²) in [5.41, 5.74) is 7.46. The largest absolute Gasteiger partial charge is 0.356 e. The van der Waals surface area contributed by atoms with Gasteiger partial charge in [-0.2, -0.15) is 4.99 Å². The average molecular weight is 288 g/mol. The Morgan fingerprint density at radius 1 is 1.24 bits per heavy atom. The van der Waals surface area contributed by atoms with Crippen molar-refractivity contribution in [1.29, 1.82) is 0 Å². The zero-order valence-electron chi connectivity index (χ0n) is 10.8. The zero-order valence-corrected chi connectivity index (χ0v) is 10.8. The lowest BCUT2D eigenvalue weighted by atomic mass is 9.95. The number of nitrogens with one attached hydrogen (secondary N) is 1. The van der Waals surface area contributed by atoms with Crippen LogP contribution < -0.4 is 10.7 Å². The second-order valence-electron chi connectivity index (χ2n) is 4.31. The first-order chi connectivity index (χ1) is 10.0. The van der Waals surface area contributed by atoms with Crippen molar-refractivity contribution in [3.8, 4) is 0 Å². The number of fused-ring (bicyclic) bond motifs is 1. The van der Waals surface area contributed by atoms with E-state index in [0.29, 0.717) is 18.0 Å². The van der Waals surface area contributed by atoms with E-state index in [4.69, 9.17) is 21.1 Å². The summed E-state index contributed by atoms with van der Waals surface area (Å²) in [5, 5.41) is 14.8. The van der Waals surface area contributed by atoms with Gasteiger partial charge in [0, 0.05) is 6.42 Å². The number of nitrogens with zero attached hydrogens (tertiary/aromatic N) is 4. The van der Waals surface area contributed by atoms with Crippen LogP contribution in [0.5, 0.6) is 0 Å². The highest BCUT2D eigenvalue weighted by atomic mass is 16.9. The second kappa shape index (κ2) is 6.01. The van der Waals surface area contributed by atoms with Gasteiger partial charge in [-0.1, -0.05) is 30.3 Å². The van der Waals surface area contributed by atoms with E-state index in [1.807, 2.05) is 30.3 Å². The van der Waals surface area contributed by atoms with Crippen molar-refractivity contribution in [2.24, 2.45) is 20.7 Å². The van der Waals surface area contributed by atoms with Crippen molar-refractivity contribution in [3.05, 3.63) is 51.2 Å². The molecule has 0 fully saturated rings. The molecule has 1 atom stereocenters. The number of rotatable bonds is 2. The van der Waals surface area contributed by atoms with Crippen LogP contribution in [0.1, 0.15) is 5.56 Å². The number of hydrogen-bond acceptors (Lipinski definition) is 7. The molecule has 1 unspecified atom stereocenters. The molecule has 0 radical (unpaired) electrons. The van der Waals surface area contributed by atoms with Crippen molar-refractivity contribution in [3.63, 3.8) is 0 Å². The fraction of sp³-hybridized carbons (Fsp3) is 0.167. The number of hydrogen-bond donors (Lipinski definition) is 2. The molecule has 0 spiro atoms. The molecular weight excluding hydrogens is 276 g/mol. The lowest BCUT2D eigenvalue weighted by Gasteiger charge is -2.22. The molecule has 0 saturated heterocycles. The summed E-state index contributed by atoms with van der Waals surface area (Å²) in [6.45, 7) is 0. The normalized spacial score (nSPS) is 21.8. The van der Waals surface area contributed by atoms with Gasteiger partial charge in [-0.05, 0) is 10.6 Å². The first-order valence-electron chi connectivity index (χ1n) is 5.94. The zero-order chi connectivity index (χ0) is 15.3. The summed E-state index contributed by atoms with van der Waals surface area (Å²) in [5.74, 6) is 0.599. The Labute approximate surface area is 119 Å². The smallest absolute Gasteiger partial charge is 0.295 e. The van der Waals surface area contributed by atoms with Crippen molar-refractivity contribution >= 4 is 24.2 Å². The van der Waals surface area contributed by atoms with Gasteiger partial charge < -0.3 is 15.3 Å². The van der Waals surface area contributed by atoms with E-state index in [9.17, 15) is 0 Å². The monoisotopic (exact) mass is 288 g/mol. The highest BCUT2D eigenvalue weighted by Gasteiger charge is 2.42. The van der Waals surface area contributed by atoms with Crippen LogP contribution in [0.2, 0.25) is 0 Å². The Bertz CT molecular complexity index is 648. The highest BCUT2D eigenvalue weighted by molar-refractivity contribution is 6.49. The third-order valence-corrected chi connectivity index (χ3v) is 2.84. The average Bonchev–Trinajstić information content (AvgIpc) is 2.89. The maximum absolute atomic E-state index is 8.25. The minimum absolute atomic E-state index is 0.599. The van der Waals surface area contributed by atoms with Crippen molar-refractivity contribution in [1.82, 2.24) is 0 Å². The summed E-state index contributed by atoms with van der Waals surface area (Å²) < 4.78 is 0. The van der Waals surface area contributed by atoms with E-state index < -0.39 is 10.7 Å². The van der Waals surface area contributed by atoms with Gasteiger partial charge in [-0.15, -0.1) is 0 Å². The third-order valence-electron chi connectivity index (χ3n) is 2.84. The molecule has 2 aliphatic heterocycles. The van der Waals surface area contributed by atoms with Crippen LogP contribution in [-0.2, 0) is 6.42 Å². The second-order valence-corrected chi connectivity index (χ2v) is 4.31. The Morgan fingerprint density at radius 2 is 1.90 bits per heavy atom. The molecule has 1 aromatic carbocycles. The Morgan fingerprint density at radius 3 is 2.57 bits per heavy atom. The molecule has 0 amide bonds. The van der Waals surface area contributed by atoms with Gasteiger partial charge in [0.05, 0.1) is 5.09 Å². The van der Waals surface area contributed by atoms with Gasteiger partial charge in [-0.3, -0.25) is 10.7 Å². The van der Waals surface area contributed by atoms with E-state index in [-0.39, 0.29) is 0 Å². The van der Waals surface area contributed by atoms with Gasteiger partial charge in [0.25, 0.3) is 12.2 Å². The minimum Gasteiger partial charge on any atom is -0.356 e. The Hall–Kier alpha value is -2.94. The Balaban J connectivity index is 0.000000361. The molecule has 0 aromatic heterocycles. The van der Waals surface area contributed by atoms with Crippen LogP contribution in [0.4, 0.5) is 0 Å². The number of nitrogens with two attached hydrogens (primary N) is 1. The van der Waals surface area contributed by atoms with Crippen molar-refractivity contribution < 1.29 is 10.1 Å². The van der Waals surface area contributed by atoms with E-state index in [1.54, 1.807) is 6.34 Å². The molecule has 1 aromatic rings. The lowest BCUT2D eigenvalue weighted by molar-refractivity contribution is -0.524. The van der Waals surface area contributed by atoms with Crippen molar-refractivity contribution in [2.45, 2.75) is 12.1 Å². The molecule has 3 N–H and O–H groups in total. The molecule has 9 heteroatoms. The number of benzene rings is 1. The molecule has 0 bridgehead atoms.